The van der Waals surface area contributed by atoms with Crippen molar-refractivity contribution in [1.82, 2.24) is 10.3 Å². The van der Waals surface area contributed by atoms with Crippen LogP contribution in [0.25, 0.3) is 0 Å². The first-order valence-corrected chi connectivity index (χ1v) is 11.5. The molecule has 0 bridgehead atoms. The smallest absolute Gasteiger partial charge is 0.252 e. The molecule has 1 aromatic carbocycles. The van der Waals surface area contributed by atoms with Crippen LogP contribution in [0, 0.1) is 5.95 Å². The predicted molar refractivity (Wildman–Crippen MR) is 106 cm³/mol. The molecule has 162 valence electrons. The number of nitrogens with zero attached hydrogens (tertiary/aromatic N) is 1. The van der Waals surface area contributed by atoms with Gasteiger partial charge in [0.2, 0.25) is 11.9 Å². The maximum atomic E-state index is 13.8. The summed E-state index contributed by atoms with van der Waals surface area (Å²) in [5.41, 5.74) is -0.331. The van der Waals surface area contributed by atoms with Crippen molar-refractivity contribution in [3.8, 4) is 0 Å². The molecule has 10 heteroatoms. The maximum absolute atomic E-state index is 13.8. The Morgan fingerprint density at radius 1 is 1.17 bits per heavy atom. The van der Waals surface area contributed by atoms with Gasteiger partial charge in [0.15, 0.2) is 9.84 Å². The zero-order valence-electron chi connectivity index (χ0n) is 16.1. The molecule has 1 aromatic heterocycles. The Bertz CT molecular complexity index is 1050. The Balaban J connectivity index is 1.86. The van der Waals surface area contributed by atoms with E-state index >= 15 is 0 Å². The Hall–Kier alpha value is -2.13. The highest BCUT2D eigenvalue weighted by atomic mass is 35.5. The Labute approximate surface area is 177 Å². The Kier molecular flexibility index (Phi) is 6.15. The van der Waals surface area contributed by atoms with Crippen LogP contribution in [0.3, 0.4) is 0 Å². The van der Waals surface area contributed by atoms with Crippen molar-refractivity contribution in [3.63, 3.8) is 0 Å². The minimum Gasteiger partial charge on any atom is -0.351 e. The van der Waals surface area contributed by atoms with Gasteiger partial charge in [0, 0.05) is 37.3 Å². The van der Waals surface area contributed by atoms with Crippen molar-refractivity contribution in [2.75, 3.05) is 12.8 Å². The summed E-state index contributed by atoms with van der Waals surface area (Å²) in [7, 11) is -3.55. The average molecular weight is 461 g/mol. The second-order valence-corrected chi connectivity index (χ2v) is 10.0. The number of carbonyl (C=O) groups is 1. The molecule has 3 rings (SSSR count). The molecule has 2 aromatic rings. The number of aromatic nitrogens is 1. The van der Waals surface area contributed by atoms with E-state index < -0.39 is 33.0 Å². The molecule has 30 heavy (non-hydrogen) atoms. The number of halogens is 4. The highest BCUT2D eigenvalue weighted by Gasteiger charge is 2.44. The van der Waals surface area contributed by atoms with Crippen LogP contribution in [-0.2, 0) is 15.3 Å². The van der Waals surface area contributed by atoms with Gasteiger partial charge in [-0.25, -0.2) is 22.2 Å². The fraction of sp³-hybridized carbons (Fsp3) is 0.400. The van der Waals surface area contributed by atoms with Gasteiger partial charge in [0.25, 0.3) is 5.91 Å². The zero-order chi connectivity index (χ0) is 22.2. The van der Waals surface area contributed by atoms with Crippen LogP contribution in [0.2, 0.25) is 5.02 Å². The summed E-state index contributed by atoms with van der Waals surface area (Å²) in [5, 5.41) is 2.75. The summed E-state index contributed by atoms with van der Waals surface area (Å²) in [4.78, 5) is 16.3. The normalized spacial score (nSPS) is 18.0. The third kappa shape index (κ3) is 4.95. The van der Waals surface area contributed by atoms with Crippen LogP contribution in [0.5, 0.6) is 0 Å². The molecule has 0 unspecified atom stereocenters. The number of hydrogen-bond donors (Lipinski definition) is 1. The number of sulfone groups is 1. The number of pyridine rings is 1. The summed E-state index contributed by atoms with van der Waals surface area (Å²) >= 11 is 6.06. The number of hydrogen-bond acceptors (Lipinski definition) is 4. The maximum Gasteiger partial charge on any atom is 0.252 e. The van der Waals surface area contributed by atoms with E-state index in [1.165, 1.54) is 30.5 Å². The molecule has 0 radical (unpaired) electrons. The highest BCUT2D eigenvalue weighted by Crippen LogP contribution is 2.45. The van der Waals surface area contributed by atoms with Crippen LogP contribution in [0.4, 0.5) is 13.2 Å². The van der Waals surface area contributed by atoms with E-state index in [9.17, 15) is 26.4 Å². The van der Waals surface area contributed by atoms with Crippen molar-refractivity contribution < 1.29 is 26.4 Å². The lowest BCUT2D eigenvalue weighted by atomic mass is 9.68. The molecular weight excluding hydrogens is 441 g/mol. The molecule has 0 atom stereocenters. The summed E-state index contributed by atoms with van der Waals surface area (Å²) < 4.78 is 64.3. The van der Waals surface area contributed by atoms with Crippen LogP contribution in [0.1, 0.15) is 41.6 Å². The van der Waals surface area contributed by atoms with Gasteiger partial charge in [-0.2, -0.15) is 4.39 Å². The lowest BCUT2D eigenvalue weighted by Gasteiger charge is -2.40. The molecule has 1 heterocycles. The molecule has 1 amide bonds. The van der Waals surface area contributed by atoms with E-state index in [1.807, 2.05) is 0 Å². The van der Waals surface area contributed by atoms with Gasteiger partial charge >= 0.3 is 0 Å². The minimum atomic E-state index is -3.55. The lowest BCUT2D eigenvalue weighted by Crippen LogP contribution is -2.45. The van der Waals surface area contributed by atoms with Crippen molar-refractivity contribution in [1.29, 1.82) is 0 Å². The standard InChI is InChI=1S/C20H20ClF3N2O3S/c1-30(28,29)14-3-4-16(21)15(10-14)18(27)26-12-19(6-8-20(23,24)9-7-19)13-2-5-17(22)25-11-13/h2-5,10-11H,6-9,12H2,1H3,(H,26,27). The van der Waals surface area contributed by atoms with E-state index in [2.05, 4.69) is 10.3 Å². The van der Waals surface area contributed by atoms with Crippen LogP contribution >= 0.6 is 11.6 Å². The fourth-order valence-electron chi connectivity index (χ4n) is 3.61. The first-order chi connectivity index (χ1) is 13.9. The van der Waals surface area contributed by atoms with E-state index in [4.69, 9.17) is 11.6 Å². The number of rotatable bonds is 5. The molecule has 1 saturated carbocycles. The number of benzene rings is 1. The molecule has 0 spiro atoms. The van der Waals surface area contributed by atoms with Gasteiger partial charge in [-0.3, -0.25) is 4.79 Å². The number of nitrogens with one attached hydrogen (secondary N) is 1. The van der Waals surface area contributed by atoms with Gasteiger partial charge in [-0.05, 0) is 42.7 Å². The van der Waals surface area contributed by atoms with Gasteiger partial charge in [0.1, 0.15) is 0 Å². The van der Waals surface area contributed by atoms with Gasteiger partial charge in [-0.1, -0.05) is 17.7 Å². The summed E-state index contributed by atoms with van der Waals surface area (Å²) in [6.07, 6.45) is 1.71. The SMILES string of the molecule is CS(=O)(=O)c1ccc(Cl)c(C(=O)NCC2(c3ccc(F)nc3)CCC(F)(F)CC2)c1. The molecule has 1 fully saturated rings. The van der Waals surface area contributed by atoms with Gasteiger partial charge in [-0.15, -0.1) is 0 Å². The molecule has 1 aliphatic carbocycles. The molecule has 1 N–H and O–H groups in total. The second kappa shape index (κ2) is 8.19. The largest absolute Gasteiger partial charge is 0.351 e. The zero-order valence-corrected chi connectivity index (χ0v) is 17.7. The topological polar surface area (TPSA) is 76.1 Å². The van der Waals surface area contributed by atoms with Gasteiger partial charge in [0.05, 0.1) is 15.5 Å². The Morgan fingerprint density at radius 3 is 2.40 bits per heavy atom. The fourth-order valence-corrected chi connectivity index (χ4v) is 4.46. The van der Waals surface area contributed by atoms with Crippen molar-refractivity contribution in [3.05, 3.63) is 58.6 Å². The van der Waals surface area contributed by atoms with Crippen molar-refractivity contribution in [2.24, 2.45) is 0 Å². The average Bonchev–Trinajstić information content (AvgIpc) is 2.67. The monoisotopic (exact) mass is 460 g/mol. The van der Waals surface area contributed by atoms with Crippen LogP contribution in [-0.4, -0.2) is 38.0 Å². The van der Waals surface area contributed by atoms with Crippen molar-refractivity contribution >= 4 is 27.3 Å². The Morgan fingerprint density at radius 2 is 1.83 bits per heavy atom. The predicted octanol–water partition coefficient (Wildman–Crippen LogP) is 4.15. The number of alkyl halides is 2. The number of carbonyl (C=O) groups excluding carboxylic acids is 1. The van der Waals surface area contributed by atoms with Crippen LogP contribution < -0.4 is 5.32 Å². The minimum absolute atomic E-state index is 0.00530. The van der Waals surface area contributed by atoms with E-state index in [0.717, 1.165) is 12.3 Å². The highest BCUT2D eigenvalue weighted by molar-refractivity contribution is 7.90. The quantitative estimate of drug-likeness (QED) is 0.680. The summed E-state index contributed by atoms with van der Waals surface area (Å²) in [6, 6.07) is 6.42. The second-order valence-electron chi connectivity index (χ2n) is 7.60. The summed E-state index contributed by atoms with van der Waals surface area (Å²) in [5.74, 6) is -4.12. The third-order valence-corrected chi connectivity index (χ3v) is 6.92. The molecule has 5 nitrogen and oxygen atoms in total. The first kappa shape index (κ1) is 22.6. The van der Waals surface area contributed by atoms with Gasteiger partial charge < -0.3 is 5.32 Å². The lowest BCUT2D eigenvalue weighted by molar-refractivity contribution is -0.0516. The van der Waals surface area contributed by atoms with E-state index in [-0.39, 0.29) is 47.7 Å². The van der Waals surface area contributed by atoms with E-state index in [0.29, 0.717) is 5.56 Å². The molecular formula is C20H20ClF3N2O3S. The molecule has 0 saturated heterocycles. The third-order valence-electron chi connectivity index (χ3n) is 5.48. The molecule has 1 aliphatic rings. The van der Waals surface area contributed by atoms with Crippen LogP contribution in [0.15, 0.2) is 41.4 Å². The number of amides is 1. The van der Waals surface area contributed by atoms with E-state index in [1.54, 1.807) is 0 Å². The molecule has 0 aliphatic heterocycles. The first-order valence-electron chi connectivity index (χ1n) is 9.20. The summed E-state index contributed by atoms with van der Waals surface area (Å²) in [6.45, 7) is -0.00530. The van der Waals surface area contributed by atoms with Crippen molar-refractivity contribution in [2.45, 2.75) is 41.9 Å².